The van der Waals surface area contributed by atoms with E-state index in [-0.39, 0.29) is 0 Å². The van der Waals surface area contributed by atoms with E-state index in [1.165, 1.54) is 25.9 Å². The van der Waals surface area contributed by atoms with E-state index in [0.717, 1.165) is 29.5 Å². The van der Waals surface area contributed by atoms with Gasteiger partial charge < -0.3 is 14.9 Å². The van der Waals surface area contributed by atoms with E-state index in [1.807, 2.05) is 48.5 Å². The van der Waals surface area contributed by atoms with Gasteiger partial charge in [-0.15, -0.1) is 0 Å². The van der Waals surface area contributed by atoms with Crippen molar-refractivity contribution in [3.63, 3.8) is 0 Å². The molecular formula is C19H23N3O2. The van der Waals surface area contributed by atoms with Gasteiger partial charge in [0.1, 0.15) is 23.4 Å². The third kappa shape index (κ3) is 3.32. The minimum atomic E-state index is 0.329. The molecule has 5 nitrogen and oxygen atoms in total. The van der Waals surface area contributed by atoms with Crippen molar-refractivity contribution in [2.24, 2.45) is 11.8 Å². The second kappa shape index (κ2) is 6.71. The highest BCUT2D eigenvalue weighted by Crippen LogP contribution is 2.31. The van der Waals surface area contributed by atoms with Crippen LogP contribution in [0, 0.1) is 5.92 Å². The van der Waals surface area contributed by atoms with Crippen LogP contribution in [0.2, 0.25) is 0 Å². The van der Waals surface area contributed by atoms with Crippen LogP contribution in [0.15, 0.2) is 48.5 Å². The molecule has 0 spiro atoms. The summed E-state index contributed by atoms with van der Waals surface area (Å²) in [6.45, 7) is 3.52. The summed E-state index contributed by atoms with van der Waals surface area (Å²) in [6.07, 6.45) is 2.86. The number of hydrogen-bond acceptors (Lipinski definition) is 5. The zero-order valence-electron chi connectivity index (χ0n) is 13.7. The smallest absolute Gasteiger partial charge is 0.127 e. The summed E-state index contributed by atoms with van der Waals surface area (Å²) in [4.78, 5) is 2.50. The zero-order chi connectivity index (χ0) is 16.4. The lowest BCUT2D eigenvalue weighted by atomic mass is 9.86. The maximum absolute atomic E-state index is 6.21. The van der Waals surface area contributed by atoms with Gasteiger partial charge in [0.2, 0.25) is 0 Å². The van der Waals surface area contributed by atoms with E-state index in [0.29, 0.717) is 12.0 Å². The summed E-state index contributed by atoms with van der Waals surface area (Å²) in [5.74, 6) is 8.56. The Balaban J connectivity index is 1.37. The first-order valence-electron chi connectivity index (χ1n) is 8.54. The number of nitrogens with one attached hydrogen (secondary N) is 1. The van der Waals surface area contributed by atoms with Crippen molar-refractivity contribution in [2.75, 3.05) is 25.1 Å². The monoisotopic (exact) mass is 325 g/mol. The molecule has 3 saturated heterocycles. The molecule has 5 rings (SSSR count). The number of anilines is 1. The van der Waals surface area contributed by atoms with E-state index < -0.39 is 0 Å². The normalized spacial score (nSPS) is 25.3. The Labute approximate surface area is 142 Å². The van der Waals surface area contributed by atoms with Crippen molar-refractivity contribution in [1.29, 1.82) is 0 Å². The molecule has 0 saturated carbocycles. The molecule has 3 aliphatic rings. The van der Waals surface area contributed by atoms with Crippen LogP contribution in [0.3, 0.4) is 0 Å². The van der Waals surface area contributed by atoms with E-state index in [9.17, 15) is 0 Å². The SMILES string of the molecule is NNc1ccc(Oc2ccc(OC3CN4CCC3CC4)cc2)cc1. The number of rotatable bonds is 5. The van der Waals surface area contributed by atoms with Crippen LogP contribution in [0.25, 0.3) is 0 Å². The fourth-order valence-corrected chi connectivity index (χ4v) is 3.56. The minimum Gasteiger partial charge on any atom is -0.489 e. The molecule has 0 amide bonds. The van der Waals surface area contributed by atoms with Crippen LogP contribution in [0.5, 0.6) is 17.2 Å². The van der Waals surface area contributed by atoms with Crippen LogP contribution in [0.1, 0.15) is 12.8 Å². The van der Waals surface area contributed by atoms with Gasteiger partial charge in [-0.25, -0.2) is 0 Å². The van der Waals surface area contributed by atoms with Crippen molar-refractivity contribution in [2.45, 2.75) is 18.9 Å². The topological polar surface area (TPSA) is 59.8 Å². The predicted octanol–water partition coefficient (Wildman–Crippen LogP) is 3.24. The van der Waals surface area contributed by atoms with Gasteiger partial charge in [0, 0.05) is 12.2 Å². The molecule has 3 N–H and O–H groups in total. The minimum absolute atomic E-state index is 0.329. The summed E-state index contributed by atoms with van der Waals surface area (Å²) >= 11 is 0. The quantitative estimate of drug-likeness (QED) is 0.653. The molecule has 0 radical (unpaired) electrons. The van der Waals surface area contributed by atoms with Gasteiger partial charge in [0.15, 0.2) is 0 Å². The molecule has 126 valence electrons. The van der Waals surface area contributed by atoms with Gasteiger partial charge in [-0.05, 0) is 80.4 Å². The van der Waals surface area contributed by atoms with Crippen molar-refractivity contribution in [1.82, 2.24) is 4.90 Å². The fraction of sp³-hybridized carbons (Fsp3) is 0.368. The average molecular weight is 325 g/mol. The first-order chi connectivity index (χ1) is 11.8. The number of piperidine rings is 3. The summed E-state index contributed by atoms with van der Waals surface area (Å²) < 4.78 is 12.0. The maximum Gasteiger partial charge on any atom is 0.127 e. The molecule has 2 bridgehead atoms. The highest BCUT2D eigenvalue weighted by atomic mass is 16.5. The lowest BCUT2D eigenvalue weighted by Gasteiger charge is -2.44. The van der Waals surface area contributed by atoms with Gasteiger partial charge in [0.25, 0.3) is 0 Å². The number of fused-ring (bicyclic) bond motifs is 3. The van der Waals surface area contributed by atoms with E-state index in [1.54, 1.807) is 0 Å². The van der Waals surface area contributed by atoms with Crippen molar-refractivity contribution in [3.8, 4) is 17.2 Å². The zero-order valence-corrected chi connectivity index (χ0v) is 13.7. The molecular weight excluding hydrogens is 302 g/mol. The second-order valence-corrected chi connectivity index (χ2v) is 6.54. The Hall–Kier alpha value is -2.24. The molecule has 5 heteroatoms. The number of nitrogens with two attached hydrogens (primary N) is 1. The standard InChI is InChI=1S/C19H23N3O2/c20-21-15-1-3-16(4-2-15)23-17-5-7-18(8-6-17)24-19-13-22-11-9-14(19)10-12-22/h1-8,14,19,21H,9-13,20H2. The van der Waals surface area contributed by atoms with E-state index in [4.69, 9.17) is 15.3 Å². The maximum atomic E-state index is 6.21. The van der Waals surface area contributed by atoms with Gasteiger partial charge in [0.05, 0.1) is 0 Å². The second-order valence-electron chi connectivity index (χ2n) is 6.54. The first-order valence-corrected chi connectivity index (χ1v) is 8.54. The molecule has 3 fully saturated rings. The van der Waals surface area contributed by atoms with Crippen LogP contribution in [0.4, 0.5) is 5.69 Å². The molecule has 3 aliphatic heterocycles. The lowest BCUT2D eigenvalue weighted by molar-refractivity contribution is -0.00777. The van der Waals surface area contributed by atoms with E-state index in [2.05, 4.69) is 10.3 Å². The average Bonchev–Trinajstić information content (AvgIpc) is 2.65. The van der Waals surface area contributed by atoms with Gasteiger partial charge in [-0.1, -0.05) is 0 Å². The van der Waals surface area contributed by atoms with Crippen LogP contribution < -0.4 is 20.7 Å². The molecule has 2 aromatic carbocycles. The summed E-state index contributed by atoms with van der Waals surface area (Å²) in [6, 6.07) is 15.4. The van der Waals surface area contributed by atoms with Gasteiger partial charge in [-0.3, -0.25) is 10.7 Å². The van der Waals surface area contributed by atoms with Crippen molar-refractivity contribution >= 4 is 5.69 Å². The predicted molar refractivity (Wildman–Crippen MR) is 94.3 cm³/mol. The Morgan fingerprint density at radius 2 is 1.46 bits per heavy atom. The Morgan fingerprint density at radius 1 is 0.875 bits per heavy atom. The summed E-state index contributed by atoms with van der Waals surface area (Å²) in [7, 11) is 0. The van der Waals surface area contributed by atoms with Gasteiger partial charge in [-0.2, -0.15) is 0 Å². The van der Waals surface area contributed by atoms with Gasteiger partial charge >= 0.3 is 0 Å². The number of hydrazine groups is 1. The van der Waals surface area contributed by atoms with Crippen molar-refractivity contribution in [3.05, 3.63) is 48.5 Å². The molecule has 1 unspecified atom stereocenters. The molecule has 24 heavy (non-hydrogen) atoms. The van der Waals surface area contributed by atoms with Crippen LogP contribution in [-0.4, -0.2) is 30.6 Å². The third-order valence-corrected chi connectivity index (χ3v) is 4.96. The fourth-order valence-electron chi connectivity index (χ4n) is 3.56. The van der Waals surface area contributed by atoms with Crippen LogP contribution in [-0.2, 0) is 0 Å². The lowest BCUT2D eigenvalue weighted by Crippen LogP contribution is -2.52. The molecule has 3 heterocycles. The Bertz CT molecular complexity index is 664. The molecule has 1 atom stereocenters. The molecule has 0 aliphatic carbocycles. The largest absolute Gasteiger partial charge is 0.489 e. The Morgan fingerprint density at radius 3 is 2.00 bits per heavy atom. The summed E-state index contributed by atoms with van der Waals surface area (Å²) in [5.41, 5.74) is 3.45. The molecule has 0 aromatic heterocycles. The highest BCUT2D eigenvalue weighted by Gasteiger charge is 2.35. The summed E-state index contributed by atoms with van der Waals surface area (Å²) in [5, 5.41) is 0. The number of ether oxygens (including phenoxy) is 2. The molecule has 2 aromatic rings. The number of benzene rings is 2. The first kappa shape index (κ1) is 15.3. The van der Waals surface area contributed by atoms with E-state index >= 15 is 0 Å². The number of hydrogen-bond donors (Lipinski definition) is 2. The number of nitrogens with zero attached hydrogens (tertiary/aromatic N) is 1. The van der Waals surface area contributed by atoms with Crippen molar-refractivity contribution < 1.29 is 9.47 Å². The highest BCUT2D eigenvalue weighted by molar-refractivity contribution is 5.46. The Kier molecular flexibility index (Phi) is 4.28. The number of nitrogen functional groups attached to an aromatic ring is 1. The van der Waals surface area contributed by atoms with Crippen LogP contribution >= 0.6 is 0 Å². The third-order valence-electron chi connectivity index (χ3n) is 4.96.